The average molecular weight is 241 g/mol. The minimum absolute atomic E-state index is 0.183. The molecular formula is C12H23N3O2. The Kier molecular flexibility index (Phi) is 5.44. The molecule has 98 valence electrons. The summed E-state index contributed by atoms with van der Waals surface area (Å²) in [7, 11) is 5.73. The van der Waals surface area contributed by atoms with Gasteiger partial charge in [0, 0.05) is 13.2 Å². The van der Waals surface area contributed by atoms with E-state index in [1.807, 2.05) is 25.7 Å². The number of nitrogens with zero attached hydrogens (tertiary/aromatic N) is 3. The highest BCUT2D eigenvalue weighted by molar-refractivity contribution is 5.25. The van der Waals surface area contributed by atoms with E-state index in [0.29, 0.717) is 0 Å². The van der Waals surface area contributed by atoms with Crippen LogP contribution in [-0.4, -0.2) is 54.1 Å². The van der Waals surface area contributed by atoms with E-state index in [0.717, 1.165) is 31.0 Å². The lowest BCUT2D eigenvalue weighted by Gasteiger charge is -2.14. The fraction of sp³-hybridized carbons (Fsp3) is 0.750. The van der Waals surface area contributed by atoms with Gasteiger partial charge in [0.2, 0.25) is 0 Å². The van der Waals surface area contributed by atoms with Crippen LogP contribution in [0.15, 0.2) is 6.20 Å². The van der Waals surface area contributed by atoms with Crippen molar-refractivity contribution >= 4 is 0 Å². The van der Waals surface area contributed by atoms with Crippen molar-refractivity contribution in [3.8, 4) is 5.75 Å². The molecule has 1 aromatic heterocycles. The summed E-state index contributed by atoms with van der Waals surface area (Å²) in [6.07, 6.45) is 2.53. The minimum atomic E-state index is 0.183. The highest BCUT2D eigenvalue weighted by Gasteiger charge is 2.14. The topological polar surface area (TPSA) is 50.5 Å². The van der Waals surface area contributed by atoms with E-state index in [1.54, 1.807) is 13.3 Å². The fourth-order valence-electron chi connectivity index (χ4n) is 1.65. The van der Waals surface area contributed by atoms with Crippen molar-refractivity contribution in [2.24, 2.45) is 5.92 Å². The lowest BCUT2D eigenvalue weighted by molar-refractivity contribution is 0.233. The molecule has 0 aliphatic carbocycles. The molecule has 1 rings (SSSR count). The Bertz CT molecular complexity index is 336. The highest BCUT2D eigenvalue weighted by Crippen LogP contribution is 2.20. The van der Waals surface area contributed by atoms with Gasteiger partial charge in [-0.15, -0.1) is 0 Å². The predicted molar refractivity (Wildman–Crippen MR) is 67.3 cm³/mol. The standard InChI is InChI=1S/C12H23N3O2/c1-10(9-16)7-11-12(17-4)8-13-15(11)6-5-14(2)3/h8,10,16H,5-7,9H2,1-4H3. The van der Waals surface area contributed by atoms with Gasteiger partial charge in [0.05, 0.1) is 25.5 Å². The molecule has 0 spiro atoms. The summed E-state index contributed by atoms with van der Waals surface area (Å²) < 4.78 is 7.26. The van der Waals surface area contributed by atoms with Gasteiger partial charge in [0.25, 0.3) is 0 Å². The van der Waals surface area contributed by atoms with Crippen LogP contribution in [-0.2, 0) is 13.0 Å². The summed E-state index contributed by atoms with van der Waals surface area (Å²) in [6, 6.07) is 0. The van der Waals surface area contributed by atoms with Gasteiger partial charge in [-0.1, -0.05) is 6.92 Å². The smallest absolute Gasteiger partial charge is 0.159 e. The number of aliphatic hydroxyl groups is 1. The molecule has 5 heteroatoms. The van der Waals surface area contributed by atoms with Crippen molar-refractivity contribution in [2.75, 3.05) is 34.4 Å². The van der Waals surface area contributed by atoms with Crippen LogP contribution in [0, 0.1) is 5.92 Å². The van der Waals surface area contributed by atoms with E-state index >= 15 is 0 Å². The normalized spacial score (nSPS) is 13.1. The molecular weight excluding hydrogens is 218 g/mol. The Morgan fingerprint density at radius 1 is 1.53 bits per heavy atom. The molecule has 0 aromatic carbocycles. The quantitative estimate of drug-likeness (QED) is 0.760. The summed E-state index contributed by atoms with van der Waals surface area (Å²) in [5.74, 6) is 1.03. The predicted octanol–water partition coefficient (Wildman–Crippen LogP) is 0.624. The molecule has 17 heavy (non-hydrogen) atoms. The number of methoxy groups -OCH3 is 1. The van der Waals surface area contributed by atoms with E-state index in [9.17, 15) is 0 Å². The molecule has 5 nitrogen and oxygen atoms in total. The third-order valence-corrected chi connectivity index (χ3v) is 2.74. The minimum Gasteiger partial charge on any atom is -0.493 e. The number of ether oxygens (including phenoxy) is 1. The van der Waals surface area contributed by atoms with Gasteiger partial charge in [0.15, 0.2) is 5.75 Å². The first kappa shape index (κ1) is 14.0. The van der Waals surface area contributed by atoms with Crippen molar-refractivity contribution < 1.29 is 9.84 Å². The molecule has 1 heterocycles. The zero-order chi connectivity index (χ0) is 12.8. The molecule has 0 saturated carbocycles. The van der Waals surface area contributed by atoms with Gasteiger partial charge in [0.1, 0.15) is 0 Å². The summed E-state index contributed by atoms with van der Waals surface area (Å²) in [4.78, 5) is 2.12. The third kappa shape index (κ3) is 4.02. The second kappa shape index (κ2) is 6.61. The van der Waals surface area contributed by atoms with Crippen molar-refractivity contribution in [3.63, 3.8) is 0 Å². The van der Waals surface area contributed by atoms with Crippen molar-refractivity contribution in [1.29, 1.82) is 0 Å². The van der Waals surface area contributed by atoms with E-state index in [4.69, 9.17) is 9.84 Å². The van der Waals surface area contributed by atoms with Crippen LogP contribution >= 0.6 is 0 Å². The maximum absolute atomic E-state index is 9.13. The molecule has 0 aliphatic rings. The Labute approximate surface area is 103 Å². The second-order valence-electron chi connectivity index (χ2n) is 4.68. The van der Waals surface area contributed by atoms with Gasteiger partial charge in [-0.05, 0) is 26.4 Å². The summed E-state index contributed by atoms with van der Waals surface area (Å²) in [5, 5.41) is 13.5. The van der Waals surface area contributed by atoms with Crippen LogP contribution in [0.2, 0.25) is 0 Å². The summed E-state index contributed by atoms with van der Waals surface area (Å²) in [5.41, 5.74) is 1.07. The summed E-state index contributed by atoms with van der Waals surface area (Å²) >= 11 is 0. The first-order valence-electron chi connectivity index (χ1n) is 5.92. The largest absolute Gasteiger partial charge is 0.493 e. The lowest BCUT2D eigenvalue weighted by Crippen LogP contribution is -2.21. The van der Waals surface area contributed by atoms with Crippen molar-refractivity contribution in [3.05, 3.63) is 11.9 Å². The zero-order valence-corrected chi connectivity index (χ0v) is 11.2. The fourth-order valence-corrected chi connectivity index (χ4v) is 1.65. The van der Waals surface area contributed by atoms with Crippen LogP contribution < -0.4 is 4.74 Å². The number of rotatable bonds is 7. The molecule has 0 bridgehead atoms. The molecule has 0 fully saturated rings. The number of aromatic nitrogens is 2. The average Bonchev–Trinajstić information content (AvgIpc) is 2.68. The maximum Gasteiger partial charge on any atom is 0.159 e. The molecule has 0 radical (unpaired) electrons. The molecule has 1 atom stereocenters. The number of hydrogen-bond acceptors (Lipinski definition) is 4. The van der Waals surface area contributed by atoms with Crippen LogP contribution in [0.3, 0.4) is 0 Å². The van der Waals surface area contributed by atoms with E-state index < -0.39 is 0 Å². The monoisotopic (exact) mass is 241 g/mol. The Morgan fingerprint density at radius 3 is 2.76 bits per heavy atom. The first-order valence-corrected chi connectivity index (χ1v) is 5.92. The van der Waals surface area contributed by atoms with Crippen LogP contribution in [0.25, 0.3) is 0 Å². The molecule has 1 aromatic rings. The second-order valence-corrected chi connectivity index (χ2v) is 4.68. The molecule has 1 N–H and O–H groups in total. The van der Waals surface area contributed by atoms with Gasteiger partial charge in [-0.2, -0.15) is 5.10 Å². The summed E-state index contributed by atoms with van der Waals surface area (Å²) in [6.45, 7) is 3.97. The first-order chi connectivity index (χ1) is 8.08. The highest BCUT2D eigenvalue weighted by atomic mass is 16.5. The van der Waals surface area contributed by atoms with Crippen molar-refractivity contribution in [2.45, 2.75) is 19.9 Å². The lowest BCUT2D eigenvalue weighted by atomic mass is 10.1. The molecule has 0 saturated heterocycles. The zero-order valence-electron chi connectivity index (χ0n) is 11.2. The van der Waals surface area contributed by atoms with E-state index in [2.05, 4.69) is 10.00 Å². The molecule has 0 aliphatic heterocycles. The van der Waals surface area contributed by atoms with Gasteiger partial charge in [-0.25, -0.2) is 0 Å². The van der Waals surface area contributed by atoms with Gasteiger partial charge >= 0.3 is 0 Å². The Balaban J connectivity index is 2.78. The molecule has 0 amide bonds. The number of likely N-dealkylation sites (N-methyl/N-ethyl adjacent to an activating group) is 1. The van der Waals surface area contributed by atoms with Crippen molar-refractivity contribution in [1.82, 2.24) is 14.7 Å². The number of aliphatic hydroxyl groups excluding tert-OH is 1. The van der Waals surface area contributed by atoms with Gasteiger partial charge in [-0.3, -0.25) is 4.68 Å². The van der Waals surface area contributed by atoms with Crippen LogP contribution in [0.5, 0.6) is 5.75 Å². The number of hydrogen-bond donors (Lipinski definition) is 1. The van der Waals surface area contributed by atoms with Crippen LogP contribution in [0.4, 0.5) is 0 Å². The van der Waals surface area contributed by atoms with E-state index in [1.165, 1.54) is 0 Å². The maximum atomic E-state index is 9.13. The molecule has 1 unspecified atom stereocenters. The third-order valence-electron chi connectivity index (χ3n) is 2.74. The van der Waals surface area contributed by atoms with E-state index in [-0.39, 0.29) is 12.5 Å². The Morgan fingerprint density at radius 2 is 2.24 bits per heavy atom. The Hall–Kier alpha value is -1.07. The SMILES string of the molecule is COc1cnn(CCN(C)C)c1CC(C)CO. The van der Waals surface area contributed by atoms with Crippen LogP contribution in [0.1, 0.15) is 12.6 Å². The van der Waals surface area contributed by atoms with Gasteiger partial charge < -0.3 is 14.7 Å².